The molecule has 2 nitrogen and oxygen atoms in total. The second-order valence-corrected chi connectivity index (χ2v) is 4.57. The maximum atomic E-state index is 13.6. The summed E-state index contributed by atoms with van der Waals surface area (Å²) in [6.45, 7) is 0.743. The van der Waals surface area contributed by atoms with Crippen molar-refractivity contribution in [3.05, 3.63) is 65.2 Å². The fourth-order valence-electron chi connectivity index (χ4n) is 1.99. The molecular formula is C15H16F2N2. The minimum atomic E-state index is -0.333. The Morgan fingerprint density at radius 3 is 2.32 bits per heavy atom. The van der Waals surface area contributed by atoms with Crippen LogP contribution in [0.15, 0.2) is 42.5 Å². The fraction of sp³-hybridized carbons (Fsp3) is 0.200. The van der Waals surface area contributed by atoms with Crippen LogP contribution in [0.5, 0.6) is 0 Å². The van der Waals surface area contributed by atoms with Crippen LogP contribution in [0.3, 0.4) is 0 Å². The molecule has 0 radical (unpaired) electrons. The van der Waals surface area contributed by atoms with Crippen LogP contribution in [0.25, 0.3) is 0 Å². The van der Waals surface area contributed by atoms with Gasteiger partial charge >= 0.3 is 0 Å². The molecule has 0 aliphatic carbocycles. The summed E-state index contributed by atoms with van der Waals surface area (Å²) in [4.78, 5) is 1.83. The zero-order valence-electron chi connectivity index (χ0n) is 10.7. The molecule has 2 N–H and O–H groups in total. The molecule has 0 saturated carbocycles. The summed E-state index contributed by atoms with van der Waals surface area (Å²) in [5, 5.41) is 0. The van der Waals surface area contributed by atoms with Crippen molar-refractivity contribution in [2.24, 2.45) is 0 Å². The summed E-state index contributed by atoms with van der Waals surface area (Å²) in [5.41, 5.74) is 7.20. The van der Waals surface area contributed by atoms with Crippen LogP contribution in [-0.4, -0.2) is 11.9 Å². The lowest BCUT2D eigenvalue weighted by atomic mass is 10.1. The van der Waals surface area contributed by atoms with Crippen LogP contribution < -0.4 is 5.73 Å². The minimum Gasteiger partial charge on any atom is -0.398 e. The van der Waals surface area contributed by atoms with Gasteiger partial charge < -0.3 is 5.73 Å². The number of hydrogen-bond donors (Lipinski definition) is 1. The number of rotatable bonds is 4. The molecule has 0 amide bonds. The van der Waals surface area contributed by atoms with E-state index in [2.05, 4.69) is 0 Å². The zero-order valence-corrected chi connectivity index (χ0v) is 10.7. The number of nitrogens with zero attached hydrogens (tertiary/aromatic N) is 1. The smallest absolute Gasteiger partial charge is 0.129 e. The van der Waals surface area contributed by atoms with Gasteiger partial charge in [0.1, 0.15) is 11.6 Å². The molecule has 0 aliphatic rings. The zero-order chi connectivity index (χ0) is 13.8. The van der Waals surface area contributed by atoms with Crippen LogP contribution in [0.4, 0.5) is 14.5 Å². The molecule has 0 spiro atoms. The highest BCUT2D eigenvalue weighted by Gasteiger charge is 2.10. The van der Waals surface area contributed by atoms with E-state index in [1.165, 1.54) is 12.1 Å². The lowest BCUT2D eigenvalue weighted by Gasteiger charge is -2.18. The Labute approximate surface area is 111 Å². The Balaban J connectivity index is 2.10. The molecule has 2 aromatic carbocycles. The lowest BCUT2D eigenvalue weighted by Crippen LogP contribution is -2.19. The fourth-order valence-corrected chi connectivity index (χ4v) is 1.99. The van der Waals surface area contributed by atoms with Crippen LogP contribution in [0.1, 0.15) is 11.1 Å². The third-order valence-corrected chi connectivity index (χ3v) is 2.98. The molecule has 0 fully saturated rings. The first kappa shape index (κ1) is 13.5. The Morgan fingerprint density at radius 1 is 0.947 bits per heavy atom. The third kappa shape index (κ3) is 3.29. The van der Waals surface area contributed by atoms with Gasteiger partial charge in [-0.05, 0) is 25.2 Å². The van der Waals surface area contributed by atoms with E-state index >= 15 is 0 Å². The van der Waals surface area contributed by atoms with Crippen molar-refractivity contribution in [3.8, 4) is 0 Å². The first-order chi connectivity index (χ1) is 9.08. The molecule has 100 valence electrons. The monoisotopic (exact) mass is 262 g/mol. The molecule has 0 bridgehead atoms. The van der Waals surface area contributed by atoms with Gasteiger partial charge in [-0.15, -0.1) is 0 Å². The van der Waals surface area contributed by atoms with Crippen molar-refractivity contribution >= 4 is 5.69 Å². The van der Waals surface area contributed by atoms with Crippen molar-refractivity contribution in [1.82, 2.24) is 4.90 Å². The van der Waals surface area contributed by atoms with Gasteiger partial charge in [-0.1, -0.05) is 24.3 Å². The summed E-state index contributed by atoms with van der Waals surface area (Å²) >= 11 is 0. The minimum absolute atomic E-state index is 0.254. The third-order valence-electron chi connectivity index (χ3n) is 2.98. The van der Waals surface area contributed by atoms with Gasteiger partial charge in [0.05, 0.1) is 0 Å². The van der Waals surface area contributed by atoms with Crippen LogP contribution in [-0.2, 0) is 13.1 Å². The van der Waals surface area contributed by atoms with E-state index in [1.54, 1.807) is 37.4 Å². The molecule has 0 atom stereocenters. The van der Waals surface area contributed by atoms with Gasteiger partial charge in [-0.3, -0.25) is 4.90 Å². The number of hydrogen-bond acceptors (Lipinski definition) is 2. The normalized spacial score (nSPS) is 10.9. The van der Waals surface area contributed by atoms with Crippen molar-refractivity contribution in [3.63, 3.8) is 0 Å². The highest BCUT2D eigenvalue weighted by Crippen LogP contribution is 2.18. The molecule has 0 aromatic heterocycles. The van der Waals surface area contributed by atoms with E-state index in [0.29, 0.717) is 29.9 Å². The SMILES string of the molecule is CN(Cc1ccccc1F)Cc1c(N)cccc1F. The second-order valence-electron chi connectivity index (χ2n) is 4.57. The average molecular weight is 262 g/mol. The van der Waals surface area contributed by atoms with E-state index in [0.717, 1.165) is 0 Å². The Hall–Kier alpha value is -1.94. The van der Waals surface area contributed by atoms with Crippen molar-refractivity contribution in [2.75, 3.05) is 12.8 Å². The number of nitrogen functional groups attached to an aromatic ring is 1. The molecule has 0 unspecified atom stereocenters. The standard InChI is InChI=1S/C15H16F2N2/c1-19(9-11-5-2-3-6-13(11)16)10-12-14(17)7-4-8-15(12)18/h2-8H,9-10,18H2,1H3. The molecule has 0 saturated heterocycles. The van der Waals surface area contributed by atoms with E-state index in [1.807, 2.05) is 4.90 Å². The van der Waals surface area contributed by atoms with E-state index in [-0.39, 0.29) is 11.6 Å². The van der Waals surface area contributed by atoms with Gasteiger partial charge in [0.25, 0.3) is 0 Å². The maximum Gasteiger partial charge on any atom is 0.129 e. The summed E-state index contributed by atoms with van der Waals surface area (Å²) in [5.74, 6) is -0.587. The maximum absolute atomic E-state index is 13.6. The van der Waals surface area contributed by atoms with Gasteiger partial charge in [-0.2, -0.15) is 0 Å². The number of benzene rings is 2. The Bertz CT molecular complexity index is 550. The van der Waals surface area contributed by atoms with Crippen molar-refractivity contribution < 1.29 is 8.78 Å². The predicted octanol–water partition coefficient (Wildman–Crippen LogP) is 3.18. The van der Waals surface area contributed by atoms with Crippen LogP contribution in [0, 0.1) is 11.6 Å². The number of anilines is 1. The van der Waals surface area contributed by atoms with Gasteiger partial charge in [0.2, 0.25) is 0 Å². The molecule has 2 aromatic rings. The molecule has 0 heterocycles. The van der Waals surface area contributed by atoms with E-state index in [4.69, 9.17) is 5.73 Å². The highest BCUT2D eigenvalue weighted by molar-refractivity contribution is 5.47. The molecule has 2 rings (SSSR count). The van der Waals surface area contributed by atoms with Crippen LogP contribution in [0.2, 0.25) is 0 Å². The summed E-state index contributed by atoms with van der Waals surface area (Å²) < 4.78 is 27.2. The Kier molecular flexibility index (Phi) is 4.12. The lowest BCUT2D eigenvalue weighted by molar-refractivity contribution is 0.309. The van der Waals surface area contributed by atoms with E-state index in [9.17, 15) is 8.78 Å². The van der Waals surface area contributed by atoms with Gasteiger partial charge in [-0.25, -0.2) is 8.78 Å². The second kappa shape index (κ2) is 5.80. The topological polar surface area (TPSA) is 29.3 Å². The number of halogens is 2. The average Bonchev–Trinajstić information content (AvgIpc) is 2.37. The first-order valence-corrected chi connectivity index (χ1v) is 6.02. The molecule has 0 aliphatic heterocycles. The first-order valence-electron chi connectivity index (χ1n) is 6.02. The summed E-state index contributed by atoms with van der Waals surface area (Å²) in [6.07, 6.45) is 0. The molecule has 19 heavy (non-hydrogen) atoms. The largest absolute Gasteiger partial charge is 0.398 e. The summed E-state index contributed by atoms with van der Waals surface area (Å²) in [7, 11) is 1.80. The van der Waals surface area contributed by atoms with Crippen molar-refractivity contribution in [1.29, 1.82) is 0 Å². The van der Waals surface area contributed by atoms with Gasteiger partial charge in [0.15, 0.2) is 0 Å². The van der Waals surface area contributed by atoms with Crippen molar-refractivity contribution in [2.45, 2.75) is 13.1 Å². The van der Waals surface area contributed by atoms with E-state index < -0.39 is 0 Å². The molecule has 4 heteroatoms. The van der Waals surface area contributed by atoms with Crippen LogP contribution >= 0.6 is 0 Å². The Morgan fingerprint density at radius 2 is 1.63 bits per heavy atom. The predicted molar refractivity (Wildman–Crippen MR) is 72.4 cm³/mol. The molecular weight excluding hydrogens is 246 g/mol. The van der Waals surface area contributed by atoms with Gasteiger partial charge in [0, 0.05) is 29.9 Å². The highest BCUT2D eigenvalue weighted by atomic mass is 19.1. The quantitative estimate of drug-likeness (QED) is 0.857. The summed E-state index contributed by atoms with van der Waals surface area (Å²) in [6, 6.07) is 11.2. The number of nitrogens with two attached hydrogens (primary N) is 1.